The van der Waals surface area contributed by atoms with Crippen LogP contribution in [-0.2, 0) is 0 Å². The molecule has 8 nitrogen and oxygen atoms in total. The molecule has 1 aliphatic carbocycles. The first kappa shape index (κ1) is 18.2. The molecule has 0 bridgehead atoms. The van der Waals surface area contributed by atoms with E-state index in [0.29, 0.717) is 22.9 Å². The van der Waals surface area contributed by atoms with E-state index in [1.807, 2.05) is 17.6 Å². The number of hydrogen-bond donors (Lipinski definition) is 1. The summed E-state index contributed by atoms with van der Waals surface area (Å²) in [5, 5.41) is 11.7. The molecule has 1 atom stereocenters. The Balaban J connectivity index is 1.82. The van der Waals surface area contributed by atoms with Gasteiger partial charge in [-0.1, -0.05) is 18.2 Å². The van der Waals surface area contributed by atoms with Gasteiger partial charge in [-0.05, 0) is 49.4 Å². The lowest BCUT2D eigenvalue weighted by atomic mass is 9.96. The number of nitrogens with two attached hydrogens (primary N) is 1. The third-order valence-electron chi connectivity index (χ3n) is 5.70. The molecule has 1 saturated carbocycles. The summed E-state index contributed by atoms with van der Waals surface area (Å²) in [6.45, 7) is 1.84. The van der Waals surface area contributed by atoms with E-state index in [0.717, 1.165) is 24.1 Å². The first-order valence-corrected chi connectivity index (χ1v) is 9.79. The Morgan fingerprint density at radius 1 is 1.20 bits per heavy atom. The maximum absolute atomic E-state index is 12.0. The Morgan fingerprint density at radius 3 is 2.67 bits per heavy atom. The lowest BCUT2D eigenvalue weighted by Gasteiger charge is -2.14. The number of primary amides is 1. The standard InChI is InChI=1S/C22H19N5O3/c1-12-21-20(22(23)28)24-11-26(21)17-9-8-14(13-6-7-13)10-16(17)19(25-12)15-4-2-3-5-18(15)27(29)30/h2-5,8-13H,6-7H2,1H3,(H2,23,28)/t12-/m0/s1. The van der Waals surface area contributed by atoms with Gasteiger partial charge in [0.25, 0.3) is 11.6 Å². The number of carbonyl (C=O) groups excluding carboxylic acids is 1. The van der Waals surface area contributed by atoms with Crippen molar-refractivity contribution in [1.82, 2.24) is 9.55 Å². The van der Waals surface area contributed by atoms with Crippen LogP contribution in [0.1, 0.15) is 64.6 Å². The van der Waals surface area contributed by atoms with Gasteiger partial charge in [0, 0.05) is 11.6 Å². The Kier molecular flexibility index (Phi) is 4.02. The van der Waals surface area contributed by atoms with Crippen molar-refractivity contribution in [2.24, 2.45) is 10.7 Å². The van der Waals surface area contributed by atoms with Gasteiger partial charge in [-0.3, -0.25) is 24.5 Å². The summed E-state index contributed by atoms with van der Waals surface area (Å²) < 4.78 is 1.82. The summed E-state index contributed by atoms with van der Waals surface area (Å²) in [6, 6.07) is 12.2. The fraction of sp³-hybridized carbons (Fsp3) is 0.227. The quantitative estimate of drug-likeness (QED) is 0.530. The predicted molar refractivity (Wildman–Crippen MR) is 111 cm³/mol. The lowest BCUT2D eigenvalue weighted by Crippen LogP contribution is -2.15. The average molecular weight is 401 g/mol. The fourth-order valence-electron chi connectivity index (χ4n) is 4.13. The number of hydrogen-bond acceptors (Lipinski definition) is 5. The number of amides is 1. The molecule has 0 radical (unpaired) electrons. The van der Waals surface area contributed by atoms with Crippen molar-refractivity contribution in [3.8, 4) is 5.69 Å². The summed E-state index contributed by atoms with van der Waals surface area (Å²) in [7, 11) is 0. The first-order chi connectivity index (χ1) is 14.5. The number of nitrogens with zero attached hydrogens (tertiary/aromatic N) is 4. The maximum atomic E-state index is 12.0. The van der Waals surface area contributed by atoms with Crippen molar-refractivity contribution in [1.29, 1.82) is 0 Å². The molecule has 0 unspecified atom stereocenters. The molecule has 1 amide bonds. The zero-order valence-electron chi connectivity index (χ0n) is 16.3. The molecule has 1 aromatic heterocycles. The molecule has 0 saturated heterocycles. The fourth-order valence-corrected chi connectivity index (χ4v) is 4.13. The molecule has 0 spiro atoms. The van der Waals surface area contributed by atoms with Gasteiger partial charge in [-0.25, -0.2) is 4.98 Å². The van der Waals surface area contributed by atoms with Gasteiger partial charge in [0.05, 0.1) is 33.6 Å². The normalized spacial score (nSPS) is 17.5. The highest BCUT2D eigenvalue weighted by molar-refractivity contribution is 6.17. The number of benzene rings is 2. The highest BCUT2D eigenvalue weighted by Crippen LogP contribution is 2.42. The molecule has 2 heterocycles. The van der Waals surface area contributed by atoms with Crippen molar-refractivity contribution in [3.63, 3.8) is 0 Å². The van der Waals surface area contributed by atoms with Gasteiger partial charge in [0.2, 0.25) is 0 Å². The van der Waals surface area contributed by atoms with E-state index in [1.165, 1.54) is 11.6 Å². The van der Waals surface area contributed by atoms with Gasteiger partial charge < -0.3 is 5.73 Å². The molecular weight excluding hydrogens is 382 g/mol. The number of nitro groups is 1. The summed E-state index contributed by atoms with van der Waals surface area (Å²) in [6.07, 6.45) is 3.84. The number of fused-ring (bicyclic) bond motifs is 3. The van der Waals surface area contributed by atoms with Crippen LogP contribution in [0.3, 0.4) is 0 Å². The van der Waals surface area contributed by atoms with Crippen LogP contribution < -0.4 is 5.73 Å². The van der Waals surface area contributed by atoms with Crippen LogP contribution in [0.2, 0.25) is 0 Å². The second-order valence-electron chi connectivity index (χ2n) is 7.69. The molecule has 3 aromatic rings. The number of rotatable bonds is 4. The zero-order chi connectivity index (χ0) is 21.0. The number of para-hydroxylation sites is 1. The number of carbonyl (C=O) groups is 1. The Hall–Kier alpha value is -3.81. The largest absolute Gasteiger partial charge is 0.364 e. The minimum Gasteiger partial charge on any atom is -0.364 e. The van der Waals surface area contributed by atoms with E-state index < -0.39 is 16.9 Å². The minimum atomic E-state index is -0.629. The van der Waals surface area contributed by atoms with Gasteiger partial charge in [-0.2, -0.15) is 0 Å². The van der Waals surface area contributed by atoms with Gasteiger partial charge in [0.1, 0.15) is 6.33 Å². The molecule has 1 aliphatic heterocycles. The van der Waals surface area contributed by atoms with Crippen LogP contribution in [0.15, 0.2) is 53.8 Å². The molecule has 2 aromatic carbocycles. The first-order valence-electron chi connectivity index (χ1n) is 9.79. The van der Waals surface area contributed by atoms with Crippen molar-refractivity contribution in [2.75, 3.05) is 0 Å². The Labute approximate surface area is 172 Å². The van der Waals surface area contributed by atoms with E-state index in [9.17, 15) is 14.9 Å². The van der Waals surface area contributed by atoms with Crippen LogP contribution in [0, 0.1) is 10.1 Å². The SMILES string of the molecule is C[C@@H]1N=C(c2ccccc2[N+](=O)[O-])c2cc(C3CC3)ccc2-n2cnc(C(N)=O)c21. The number of aliphatic imine (C=N–C) groups is 1. The van der Waals surface area contributed by atoms with Gasteiger partial charge >= 0.3 is 0 Å². The Morgan fingerprint density at radius 2 is 1.97 bits per heavy atom. The zero-order valence-corrected chi connectivity index (χ0v) is 16.3. The molecule has 5 rings (SSSR count). The summed E-state index contributed by atoms with van der Waals surface area (Å²) in [5.74, 6) is -0.123. The predicted octanol–water partition coefficient (Wildman–Crippen LogP) is 3.67. The highest BCUT2D eigenvalue weighted by Gasteiger charge is 2.32. The molecule has 1 fully saturated rings. The summed E-state index contributed by atoms with van der Waals surface area (Å²) in [5.41, 5.74) is 10.0. The van der Waals surface area contributed by atoms with Crippen molar-refractivity contribution in [3.05, 3.63) is 87.0 Å². The second kappa shape index (κ2) is 6.62. The van der Waals surface area contributed by atoms with Crippen molar-refractivity contribution in [2.45, 2.75) is 31.7 Å². The maximum Gasteiger partial charge on any atom is 0.278 e. The average Bonchev–Trinajstić information content (AvgIpc) is 3.50. The molecule has 30 heavy (non-hydrogen) atoms. The van der Waals surface area contributed by atoms with Crippen LogP contribution in [-0.4, -0.2) is 26.1 Å². The molecule has 2 N–H and O–H groups in total. The number of aromatic nitrogens is 2. The lowest BCUT2D eigenvalue weighted by molar-refractivity contribution is -0.385. The minimum absolute atomic E-state index is 0.00828. The van der Waals surface area contributed by atoms with Crippen molar-refractivity contribution >= 4 is 17.3 Å². The molecule has 150 valence electrons. The van der Waals surface area contributed by atoms with Crippen LogP contribution >= 0.6 is 0 Å². The highest BCUT2D eigenvalue weighted by atomic mass is 16.6. The van der Waals surface area contributed by atoms with Crippen LogP contribution in [0.25, 0.3) is 5.69 Å². The van der Waals surface area contributed by atoms with Gasteiger partial charge in [0.15, 0.2) is 5.69 Å². The molecular formula is C22H19N5O3. The summed E-state index contributed by atoms with van der Waals surface area (Å²) >= 11 is 0. The number of imidazole rings is 1. The monoisotopic (exact) mass is 401 g/mol. The van der Waals surface area contributed by atoms with Crippen molar-refractivity contribution < 1.29 is 9.72 Å². The Bertz CT molecular complexity index is 1240. The topological polar surface area (TPSA) is 116 Å². The third-order valence-corrected chi connectivity index (χ3v) is 5.70. The molecule has 8 heteroatoms. The summed E-state index contributed by atoms with van der Waals surface area (Å²) in [4.78, 5) is 32.3. The molecule has 2 aliphatic rings. The van der Waals surface area contributed by atoms with E-state index in [2.05, 4.69) is 17.1 Å². The van der Waals surface area contributed by atoms with E-state index in [-0.39, 0.29) is 11.4 Å². The third kappa shape index (κ3) is 2.80. The second-order valence-corrected chi connectivity index (χ2v) is 7.69. The van der Waals surface area contributed by atoms with Gasteiger partial charge in [-0.15, -0.1) is 0 Å². The van der Waals surface area contributed by atoms with E-state index in [4.69, 9.17) is 10.7 Å². The smallest absolute Gasteiger partial charge is 0.278 e. The van der Waals surface area contributed by atoms with Crippen LogP contribution in [0.4, 0.5) is 5.69 Å². The number of nitro benzene ring substituents is 1. The van der Waals surface area contributed by atoms with Crippen LogP contribution in [0.5, 0.6) is 0 Å². The van der Waals surface area contributed by atoms with E-state index in [1.54, 1.807) is 24.5 Å². The van der Waals surface area contributed by atoms with E-state index >= 15 is 0 Å².